The zero-order valence-corrected chi connectivity index (χ0v) is 15.2. The minimum atomic E-state index is -0.794. The molecule has 1 aliphatic rings. The van der Waals surface area contributed by atoms with Gasteiger partial charge in [-0.1, -0.05) is 25.1 Å². The number of nitrogens with zero attached hydrogens (tertiary/aromatic N) is 2. The molecule has 6 heteroatoms. The molecule has 1 aliphatic heterocycles. The Kier molecular flexibility index (Phi) is 7.40. The number of benzene rings is 1. The summed E-state index contributed by atoms with van der Waals surface area (Å²) in [5.74, 6) is -0.782. The molecule has 0 aromatic heterocycles. The molecule has 2 rings (SSSR count). The molecular weight excluding hydrogens is 318 g/mol. The van der Waals surface area contributed by atoms with Crippen molar-refractivity contribution in [3.05, 3.63) is 29.8 Å². The van der Waals surface area contributed by atoms with E-state index in [1.54, 1.807) is 0 Å². The number of likely N-dealkylation sites (N-methyl/N-ethyl adjacent to an activating group) is 1. The number of anilines is 1. The maximum Gasteiger partial charge on any atom is 0.317 e. The van der Waals surface area contributed by atoms with Crippen LogP contribution in [0.15, 0.2) is 24.3 Å². The lowest BCUT2D eigenvalue weighted by Gasteiger charge is -2.25. The van der Waals surface area contributed by atoms with Crippen molar-refractivity contribution in [1.29, 1.82) is 0 Å². The van der Waals surface area contributed by atoms with Crippen LogP contribution in [0, 0.1) is 0 Å². The van der Waals surface area contributed by atoms with E-state index >= 15 is 0 Å². The van der Waals surface area contributed by atoms with Gasteiger partial charge in [-0.3, -0.25) is 19.4 Å². The first-order valence-electron chi connectivity index (χ1n) is 9.01. The van der Waals surface area contributed by atoms with Gasteiger partial charge in [-0.2, -0.15) is 0 Å². The Morgan fingerprint density at radius 2 is 2.04 bits per heavy atom. The monoisotopic (exact) mass is 347 g/mol. The number of para-hydroxylation sites is 1. The second-order valence-corrected chi connectivity index (χ2v) is 6.73. The van der Waals surface area contributed by atoms with Crippen molar-refractivity contribution < 1.29 is 14.7 Å². The normalized spacial score (nSPS) is 18.8. The fourth-order valence-corrected chi connectivity index (χ4v) is 3.42. The average Bonchev–Trinajstić information content (AvgIpc) is 2.80. The van der Waals surface area contributed by atoms with E-state index in [4.69, 9.17) is 5.11 Å². The first-order chi connectivity index (χ1) is 12.0. The number of hydrogen-bond donors (Lipinski definition) is 2. The summed E-state index contributed by atoms with van der Waals surface area (Å²) in [6, 6.07) is 8.16. The second kappa shape index (κ2) is 9.53. The van der Waals surface area contributed by atoms with Gasteiger partial charge in [0.15, 0.2) is 0 Å². The molecule has 6 nitrogen and oxygen atoms in total. The van der Waals surface area contributed by atoms with Crippen molar-refractivity contribution in [3.63, 3.8) is 0 Å². The van der Waals surface area contributed by atoms with E-state index in [-0.39, 0.29) is 18.5 Å². The Morgan fingerprint density at radius 1 is 1.28 bits per heavy atom. The zero-order valence-electron chi connectivity index (χ0n) is 15.2. The van der Waals surface area contributed by atoms with E-state index in [0.717, 1.165) is 50.0 Å². The predicted octanol–water partition coefficient (Wildman–Crippen LogP) is 2.06. The van der Waals surface area contributed by atoms with Crippen LogP contribution in [-0.2, 0) is 16.0 Å². The molecule has 1 aromatic carbocycles. The molecule has 2 N–H and O–H groups in total. The van der Waals surface area contributed by atoms with Gasteiger partial charge in [-0.25, -0.2) is 0 Å². The molecule has 0 aliphatic carbocycles. The van der Waals surface area contributed by atoms with Crippen LogP contribution in [-0.4, -0.2) is 66.1 Å². The number of aryl methyl sites for hydroxylation is 1. The SMILES string of the molecule is CCc1ccccc1NC(=O)CN1CCCC(N(C)CC(=O)O)CC1. The van der Waals surface area contributed by atoms with Crippen molar-refractivity contribution in [1.82, 2.24) is 9.80 Å². The van der Waals surface area contributed by atoms with Crippen LogP contribution in [0.25, 0.3) is 0 Å². The average molecular weight is 347 g/mol. The number of carboxylic acids is 1. The smallest absolute Gasteiger partial charge is 0.317 e. The highest BCUT2D eigenvalue weighted by atomic mass is 16.4. The topological polar surface area (TPSA) is 72.9 Å². The van der Waals surface area contributed by atoms with E-state index in [2.05, 4.69) is 17.1 Å². The van der Waals surface area contributed by atoms with Gasteiger partial charge < -0.3 is 10.4 Å². The van der Waals surface area contributed by atoms with Gasteiger partial charge in [0.1, 0.15) is 0 Å². The lowest BCUT2D eigenvalue weighted by atomic mass is 10.1. The quantitative estimate of drug-likeness (QED) is 0.790. The molecule has 25 heavy (non-hydrogen) atoms. The molecule has 138 valence electrons. The van der Waals surface area contributed by atoms with E-state index in [9.17, 15) is 9.59 Å². The van der Waals surface area contributed by atoms with Crippen LogP contribution in [0.4, 0.5) is 5.69 Å². The minimum Gasteiger partial charge on any atom is -0.480 e. The van der Waals surface area contributed by atoms with E-state index in [0.29, 0.717) is 6.54 Å². The summed E-state index contributed by atoms with van der Waals surface area (Å²) in [6.45, 7) is 4.22. The number of rotatable bonds is 7. The summed E-state index contributed by atoms with van der Waals surface area (Å²) in [5, 5.41) is 12.0. The lowest BCUT2D eigenvalue weighted by molar-refractivity contribution is -0.138. The number of carbonyl (C=O) groups excluding carboxylic acids is 1. The van der Waals surface area contributed by atoms with Crippen LogP contribution in [0.5, 0.6) is 0 Å². The highest BCUT2D eigenvalue weighted by Gasteiger charge is 2.22. The Morgan fingerprint density at radius 3 is 2.76 bits per heavy atom. The third-order valence-corrected chi connectivity index (χ3v) is 4.84. The first kappa shape index (κ1) is 19.4. The maximum absolute atomic E-state index is 12.4. The summed E-state index contributed by atoms with van der Waals surface area (Å²) in [5.41, 5.74) is 2.03. The molecule has 1 unspecified atom stereocenters. The summed E-state index contributed by atoms with van der Waals surface area (Å²) >= 11 is 0. The molecule has 1 saturated heterocycles. The molecule has 1 amide bonds. The van der Waals surface area contributed by atoms with Gasteiger partial charge in [-0.05, 0) is 50.9 Å². The van der Waals surface area contributed by atoms with Crippen LogP contribution in [0.2, 0.25) is 0 Å². The van der Waals surface area contributed by atoms with Crippen molar-refractivity contribution >= 4 is 17.6 Å². The highest BCUT2D eigenvalue weighted by Crippen LogP contribution is 2.17. The molecule has 1 atom stereocenters. The van der Waals surface area contributed by atoms with Crippen molar-refractivity contribution in [2.45, 2.75) is 38.6 Å². The lowest BCUT2D eigenvalue weighted by Crippen LogP contribution is -2.37. The number of carboxylic acid groups (broad SMARTS) is 1. The number of amides is 1. The molecule has 1 aromatic rings. The van der Waals surface area contributed by atoms with Crippen LogP contribution >= 0.6 is 0 Å². The van der Waals surface area contributed by atoms with E-state index in [1.807, 2.05) is 36.2 Å². The largest absolute Gasteiger partial charge is 0.480 e. The standard InChI is InChI=1S/C19H29N3O3/c1-3-15-7-4-5-9-17(15)20-18(23)13-22-11-6-8-16(10-12-22)21(2)14-19(24)25/h4-5,7,9,16H,3,6,8,10-14H2,1-2H3,(H,20,23)(H,24,25). The molecule has 0 radical (unpaired) electrons. The molecule has 0 saturated carbocycles. The molecule has 1 heterocycles. The van der Waals surface area contributed by atoms with Crippen LogP contribution < -0.4 is 5.32 Å². The number of hydrogen-bond acceptors (Lipinski definition) is 4. The van der Waals surface area contributed by atoms with Crippen LogP contribution in [0.3, 0.4) is 0 Å². The van der Waals surface area contributed by atoms with Crippen molar-refractivity contribution in [2.75, 3.05) is 38.5 Å². The van der Waals surface area contributed by atoms with Gasteiger partial charge >= 0.3 is 5.97 Å². The molecule has 0 spiro atoms. The fraction of sp³-hybridized carbons (Fsp3) is 0.579. The third kappa shape index (κ3) is 6.14. The fourth-order valence-electron chi connectivity index (χ4n) is 3.42. The van der Waals surface area contributed by atoms with Gasteiger partial charge in [-0.15, -0.1) is 0 Å². The number of carbonyl (C=O) groups is 2. The van der Waals surface area contributed by atoms with Gasteiger partial charge in [0.05, 0.1) is 13.1 Å². The Labute approximate surface area is 149 Å². The maximum atomic E-state index is 12.4. The summed E-state index contributed by atoms with van der Waals surface area (Å²) < 4.78 is 0. The molecule has 1 fully saturated rings. The van der Waals surface area contributed by atoms with Gasteiger partial charge in [0.2, 0.25) is 5.91 Å². The predicted molar refractivity (Wildman–Crippen MR) is 98.8 cm³/mol. The second-order valence-electron chi connectivity index (χ2n) is 6.73. The van der Waals surface area contributed by atoms with E-state index < -0.39 is 5.97 Å². The van der Waals surface area contributed by atoms with Gasteiger partial charge in [0, 0.05) is 18.3 Å². The summed E-state index contributed by atoms with van der Waals surface area (Å²) in [7, 11) is 1.86. The van der Waals surface area contributed by atoms with E-state index in [1.165, 1.54) is 0 Å². The third-order valence-electron chi connectivity index (χ3n) is 4.84. The number of likely N-dealkylation sites (tertiary alicyclic amines) is 1. The molecule has 0 bridgehead atoms. The van der Waals surface area contributed by atoms with Crippen molar-refractivity contribution in [3.8, 4) is 0 Å². The Balaban J connectivity index is 1.84. The number of aliphatic carboxylic acids is 1. The number of nitrogens with one attached hydrogen (secondary N) is 1. The molecular formula is C19H29N3O3. The highest BCUT2D eigenvalue weighted by molar-refractivity contribution is 5.93. The van der Waals surface area contributed by atoms with Gasteiger partial charge in [0.25, 0.3) is 0 Å². The summed E-state index contributed by atoms with van der Waals surface area (Å²) in [4.78, 5) is 27.3. The minimum absolute atomic E-state index is 0.0123. The van der Waals surface area contributed by atoms with Crippen molar-refractivity contribution in [2.24, 2.45) is 0 Å². The Bertz CT molecular complexity index is 591. The van der Waals surface area contributed by atoms with Crippen LogP contribution in [0.1, 0.15) is 31.7 Å². The zero-order chi connectivity index (χ0) is 18.2. The summed E-state index contributed by atoms with van der Waals surface area (Å²) in [6.07, 6.45) is 3.73. The Hall–Kier alpha value is -1.92. The first-order valence-corrected chi connectivity index (χ1v) is 9.01.